The van der Waals surface area contributed by atoms with Gasteiger partial charge in [-0.3, -0.25) is 4.79 Å². The quantitative estimate of drug-likeness (QED) is 0.671. The van der Waals surface area contributed by atoms with Gasteiger partial charge in [-0.1, -0.05) is 66.2 Å². The zero-order valence-corrected chi connectivity index (χ0v) is 15.8. The molecule has 3 aromatic rings. The van der Waals surface area contributed by atoms with Gasteiger partial charge in [-0.15, -0.1) is 0 Å². The molecule has 0 aliphatic rings. The van der Waals surface area contributed by atoms with Gasteiger partial charge in [-0.2, -0.15) is 0 Å². The fourth-order valence-electron chi connectivity index (χ4n) is 3.18. The van der Waals surface area contributed by atoms with E-state index in [0.29, 0.717) is 0 Å². The van der Waals surface area contributed by atoms with Crippen LogP contribution < -0.4 is 5.32 Å². The van der Waals surface area contributed by atoms with Crippen LogP contribution in [0.4, 0.5) is 0 Å². The number of benzene rings is 3. The fourth-order valence-corrected chi connectivity index (χ4v) is 3.18. The fraction of sp³-hybridized carbons (Fsp3) is 0.208. The number of carbonyl (C=O) groups excluding carboxylic acids is 1. The van der Waals surface area contributed by atoms with E-state index in [0.717, 1.165) is 27.8 Å². The average molecular weight is 343 g/mol. The van der Waals surface area contributed by atoms with Crippen molar-refractivity contribution in [2.45, 2.75) is 33.7 Å². The maximum absolute atomic E-state index is 13.0. The Bertz CT molecular complexity index is 911. The Morgan fingerprint density at radius 3 is 1.96 bits per heavy atom. The summed E-state index contributed by atoms with van der Waals surface area (Å²) in [6, 6.07) is 22.3. The largest absolute Gasteiger partial charge is 0.341 e. The molecular formula is C24H25NO. The molecule has 3 rings (SSSR count). The summed E-state index contributed by atoms with van der Waals surface area (Å²) >= 11 is 0. The van der Waals surface area contributed by atoms with Crippen LogP contribution in [0.3, 0.4) is 0 Å². The number of amides is 1. The van der Waals surface area contributed by atoms with Gasteiger partial charge in [0.15, 0.2) is 0 Å². The molecule has 0 aromatic heterocycles. The highest BCUT2D eigenvalue weighted by Crippen LogP contribution is 2.24. The van der Waals surface area contributed by atoms with E-state index in [1.165, 1.54) is 11.1 Å². The van der Waals surface area contributed by atoms with Crippen LogP contribution in [0.15, 0.2) is 66.7 Å². The van der Waals surface area contributed by atoms with Crippen LogP contribution in [0.2, 0.25) is 0 Å². The molecule has 0 spiro atoms. The standard InChI is InChI=1S/C24H25NO/c1-16-10-12-21(13-11-16)23(20-8-6-5-7-9-20)25-24(26)22-15-18(3)17(2)14-19(22)4/h5-15,23H,1-4H3,(H,25,26). The molecule has 0 aliphatic carbocycles. The number of hydrogen-bond donors (Lipinski definition) is 1. The SMILES string of the molecule is Cc1ccc(C(NC(=O)c2cc(C)c(C)cc2C)c2ccccc2)cc1. The van der Waals surface area contributed by atoms with Crippen LogP contribution >= 0.6 is 0 Å². The maximum Gasteiger partial charge on any atom is 0.252 e. The van der Waals surface area contributed by atoms with Gasteiger partial charge in [0.25, 0.3) is 5.91 Å². The lowest BCUT2D eigenvalue weighted by molar-refractivity contribution is 0.0942. The Balaban J connectivity index is 1.97. The summed E-state index contributed by atoms with van der Waals surface area (Å²) in [6.07, 6.45) is 0. The van der Waals surface area contributed by atoms with E-state index in [-0.39, 0.29) is 11.9 Å². The van der Waals surface area contributed by atoms with E-state index in [1.54, 1.807) is 0 Å². The molecule has 0 bridgehead atoms. The first-order valence-electron chi connectivity index (χ1n) is 8.96. The van der Waals surface area contributed by atoms with Crippen molar-refractivity contribution in [3.05, 3.63) is 106 Å². The Morgan fingerprint density at radius 1 is 0.731 bits per heavy atom. The minimum Gasteiger partial charge on any atom is -0.341 e. The highest BCUT2D eigenvalue weighted by atomic mass is 16.1. The van der Waals surface area contributed by atoms with Crippen LogP contribution in [0.5, 0.6) is 0 Å². The molecule has 1 N–H and O–H groups in total. The summed E-state index contributed by atoms with van der Waals surface area (Å²) in [7, 11) is 0. The first-order valence-corrected chi connectivity index (χ1v) is 8.96. The Labute approximate surface area is 155 Å². The molecule has 2 heteroatoms. The van der Waals surface area contributed by atoms with E-state index in [2.05, 4.69) is 61.6 Å². The van der Waals surface area contributed by atoms with E-state index in [1.807, 2.05) is 38.1 Å². The summed E-state index contributed by atoms with van der Waals surface area (Å²) < 4.78 is 0. The summed E-state index contributed by atoms with van der Waals surface area (Å²) in [6.45, 7) is 8.17. The molecule has 3 aromatic carbocycles. The zero-order valence-electron chi connectivity index (χ0n) is 15.8. The van der Waals surface area contributed by atoms with Crippen molar-refractivity contribution < 1.29 is 4.79 Å². The van der Waals surface area contributed by atoms with Crippen molar-refractivity contribution >= 4 is 5.91 Å². The second kappa shape index (κ2) is 7.57. The van der Waals surface area contributed by atoms with Gasteiger partial charge in [0, 0.05) is 5.56 Å². The van der Waals surface area contributed by atoms with Gasteiger partial charge in [0.2, 0.25) is 0 Å². The van der Waals surface area contributed by atoms with Gasteiger partial charge in [-0.25, -0.2) is 0 Å². The molecule has 0 aliphatic heterocycles. The van der Waals surface area contributed by atoms with Gasteiger partial charge in [-0.05, 0) is 61.6 Å². The second-order valence-electron chi connectivity index (χ2n) is 6.98. The van der Waals surface area contributed by atoms with E-state index < -0.39 is 0 Å². The van der Waals surface area contributed by atoms with Gasteiger partial charge < -0.3 is 5.32 Å². The number of hydrogen-bond acceptors (Lipinski definition) is 1. The van der Waals surface area contributed by atoms with Gasteiger partial charge in [0.05, 0.1) is 6.04 Å². The predicted molar refractivity (Wildman–Crippen MR) is 108 cm³/mol. The van der Waals surface area contributed by atoms with Crippen molar-refractivity contribution in [3.8, 4) is 0 Å². The third-order valence-corrected chi connectivity index (χ3v) is 4.90. The maximum atomic E-state index is 13.0. The summed E-state index contributed by atoms with van der Waals surface area (Å²) in [4.78, 5) is 13.0. The molecule has 0 saturated carbocycles. The summed E-state index contributed by atoms with van der Waals surface area (Å²) in [5, 5.41) is 3.23. The lowest BCUT2D eigenvalue weighted by Crippen LogP contribution is -2.30. The average Bonchev–Trinajstić information content (AvgIpc) is 2.64. The Kier molecular flexibility index (Phi) is 5.22. The lowest BCUT2D eigenvalue weighted by Gasteiger charge is -2.21. The topological polar surface area (TPSA) is 29.1 Å². The van der Waals surface area contributed by atoms with Gasteiger partial charge >= 0.3 is 0 Å². The molecule has 0 heterocycles. The minimum atomic E-state index is -0.176. The smallest absolute Gasteiger partial charge is 0.252 e. The van der Waals surface area contributed by atoms with Crippen molar-refractivity contribution in [1.29, 1.82) is 0 Å². The van der Waals surface area contributed by atoms with Crippen molar-refractivity contribution in [1.82, 2.24) is 5.32 Å². The molecular weight excluding hydrogens is 318 g/mol. The monoisotopic (exact) mass is 343 g/mol. The first kappa shape index (κ1) is 17.9. The number of aryl methyl sites for hydroxylation is 4. The van der Waals surface area contributed by atoms with E-state index in [9.17, 15) is 4.79 Å². The predicted octanol–water partition coefficient (Wildman–Crippen LogP) is 5.44. The van der Waals surface area contributed by atoms with Crippen molar-refractivity contribution in [2.24, 2.45) is 0 Å². The first-order chi connectivity index (χ1) is 12.5. The molecule has 0 radical (unpaired) electrons. The van der Waals surface area contributed by atoms with Crippen molar-refractivity contribution in [2.75, 3.05) is 0 Å². The molecule has 1 amide bonds. The molecule has 26 heavy (non-hydrogen) atoms. The van der Waals surface area contributed by atoms with Gasteiger partial charge in [0.1, 0.15) is 0 Å². The normalized spacial score (nSPS) is 11.8. The third kappa shape index (κ3) is 3.85. The molecule has 2 nitrogen and oxygen atoms in total. The number of carbonyl (C=O) groups is 1. The molecule has 0 fully saturated rings. The van der Waals surface area contributed by atoms with Crippen LogP contribution in [-0.2, 0) is 0 Å². The van der Waals surface area contributed by atoms with E-state index >= 15 is 0 Å². The Morgan fingerprint density at radius 2 is 1.31 bits per heavy atom. The second-order valence-corrected chi connectivity index (χ2v) is 6.98. The number of nitrogens with one attached hydrogen (secondary N) is 1. The Hall–Kier alpha value is -2.87. The minimum absolute atomic E-state index is 0.0416. The van der Waals surface area contributed by atoms with Crippen LogP contribution in [0.1, 0.15) is 49.8 Å². The molecule has 0 saturated heterocycles. The van der Waals surface area contributed by atoms with E-state index in [4.69, 9.17) is 0 Å². The molecule has 1 unspecified atom stereocenters. The van der Waals surface area contributed by atoms with Crippen LogP contribution in [0, 0.1) is 27.7 Å². The third-order valence-electron chi connectivity index (χ3n) is 4.90. The highest BCUT2D eigenvalue weighted by Gasteiger charge is 2.19. The van der Waals surface area contributed by atoms with Crippen molar-refractivity contribution in [3.63, 3.8) is 0 Å². The summed E-state index contributed by atoms with van der Waals surface area (Å²) in [5.74, 6) is -0.0416. The summed E-state index contributed by atoms with van der Waals surface area (Å²) in [5.41, 5.74) is 7.44. The highest BCUT2D eigenvalue weighted by molar-refractivity contribution is 5.96. The van der Waals surface area contributed by atoms with Crippen LogP contribution in [0.25, 0.3) is 0 Å². The van der Waals surface area contributed by atoms with Crippen LogP contribution in [-0.4, -0.2) is 5.91 Å². The zero-order chi connectivity index (χ0) is 18.7. The lowest BCUT2D eigenvalue weighted by atomic mass is 9.96. The number of rotatable bonds is 4. The molecule has 132 valence electrons. The molecule has 1 atom stereocenters.